The van der Waals surface area contributed by atoms with Crippen LogP contribution in [0.2, 0.25) is 0 Å². The molecule has 0 amide bonds. The Hall–Kier alpha value is -2.43. The number of aromatic nitrogens is 2. The van der Waals surface area contributed by atoms with Gasteiger partial charge in [-0.3, -0.25) is 0 Å². The molecule has 20 heavy (non-hydrogen) atoms. The van der Waals surface area contributed by atoms with Gasteiger partial charge in [0.25, 0.3) is 0 Å². The molecule has 1 heterocycles. The molecule has 5 heteroatoms. The second-order valence-electron chi connectivity index (χ2n) is 4.96. The quantitative estimate of drug-likeness (QED) is 0.893. The van der Waals surface area contributed by atoms with Gasteiger partial charge in [0.15, 0.2) is 0 Å². The second kappa shape index (κ2) is 5.28. The summed E-state index contributed by atoms with van der Waals surface area (Å²) in [5, 5.41) is 9.04. The minimum absolute atomic E-state index is 0.0179. The molecule has 0 aliphatic carbocycles. The van der Waals surface area contributed by atoms with Crippen molar-refractivity contribution in [1.82, 2.24) is 9.97 Å². The van der Waals surface area contributed by atoms with Crippen LogP contribution >= 0.6 is 0 Å². The van der Waals surface area contributed by atoms with E-state index in [2.05, 4.69) is 28.2 Å². The molecule has 2 rings (SSSR count). The standard InChI is InChI=1S/C15H17N3O2/c1-8-4-9(2)6-11(5-8)7-12-17-10(3)13(15(19)20)14(16)18-12/h4-6H,7H2,1-3H3,(H,19,20)(H2,16,17,18). The van der Waals surface area contributed by atoms with E-state index in [0.29, 0.717) is 17.9 Å². The number of nitrogens with zero attached hydrogens (tertiary/aromatic N) is 2. The zero-order valence-corrected chi connectivity index (χ0v) is 11.8. The molecule has 5 nitrogen and oxygen atoms in total. The highest BCUT2D eigenvalue weighted by atomic mass is 16.4. The van der Waals surface area contributed by atoms with E-state index in [1.807, 2.05) is 13.8 Å². The smallest absolute Gasteiger partial charge is 0.341 e. The van der Waals surface area contributed by atoms with E-state index in [1.165, 1.54) is 11.1 Å². The van der Waals surface area contributed by atoms with E-state index in [1.54, 1.807) is 6.92 Å². The molecule has 0 fully saturated rings. The van der Waals surface area contributed by atoms with Crippen LogP contribution in [0.15, 0.2) is 18.2 Å². The molecule has 0 spiro atoms. The van der Waals surface area contributed by atoms with Gasteiger partial charge < -0.3 is 10.8 Å². The van der Waals surface area contributed by atoms with Crippen LogP contribution in [0.25, 0.3) is 0 Å². The van der Waals surface area contributed by atoms with Crippen LogP contribution in [0, 0.1) is 20.8 Å². The summed E-state index contributed by atoms with van der Waals surface area (Å²) in [6.07, 6.45) is 0.535. The normalized spacial score (nSPS) is 10.6. The number of benzene rings is 1. The predicted octanol–water partition coefficient (Wildman–Crippen LogP) is 2.27. The third-order valence-electron chi connectivity index (χ3n) is 3.02. The minimum Gasteiger partial charge on any atom is -0.477 e. The van der Waals surface area contributed by atoms with Crippen molar-refractivity contribution in [1.29, 1.82) is 0 Å². The number of nitrogens with two attached hydrogens (primary N) is 1. The summed E-state index contributed by atoms with van der Waals surface area (Å²) in [6, 6.07) is 6.22. The van der Waals surface area contributed by atoms with E-state index in [-0.39, 0.29) is 11.4 Å². The lowest BCUT2D eigenvalue weighted by atomic mass is 10.0. The molecular weight excluding hydrogens is 254 g/mol. The average Bonchev–Trinajstić information content (AvgIpc) is 2.25. The highest BCUT2D eigenvalue weighted by Gasteiger charge is 2.15. The van der Waals surface area contributed by atoms with Gasteiger partial charge in [-0.2, -0.15) is 0 Å². The number of carboxylic acid groups (broad SMARTS) is 1. The van der Waals surface area contributed by atoms with Crippen molar-refractivity contribution in [2.24, 2.45) is 0 Å². The van der Waals surface area contributed by atoms with Crippen LogP contribution in [0.1, 0.15) is 38.6 Å². The number of hydrogen-bond donors (Lipinski definition) is 2. The number of hydrogen-bond acceptors (Lipinski definition) is 4. The van der Waals surface area contributed by atoms with Crippen LogP contribution in [-0.2, 0) is 6.42 Å². The molecule has 3 N–H and O–H groups in total. The topological polar surface area (TPSA) is 89.1 Å². The molecular formula is C15H17N3O2. The average molecular weight is 271 g/mol. The van der Waals surface area contributed by atoms with E-state index < -0.39 is 5.97 Å². The molecule has 0 unspecified atom stereocenters. The van der Waals surface area contributed by atoms with Gasteiger partial charge in [-0.25, -0.2) is 14.8 Å². The summed E-state index contributed by atoms with van der Waals surface area (Å²) in [5.41, 5.74) is 9.51. The Labute approximate surface area is 117 Å². The monoisotopic (exact) mass is 271 g/mol. The number of carboxylic acids is 1. The first-order chi connectivity index (χ1) is 9.36. The molecule has 1 aromatic heterocycles. The van der Waals surface area contributed by atoms with Crippen molar-refractivity contribution in [2.45, 2.75) is 27.2 Å². The number of aryl methyl sites for hydroxylation is 3. The lowest BCUT2D eigenvalue weighted by Gasteiger charge is -2.08. The van der Waals surface area contributed by atoms with E-state index >= 15 is 0 Å². The molecule has 0 aliphatic rings. The number of carbonyl (C=O) groups is 1. The van der Waals surface area contributed by atoms with E-state index in [4.69, 9.17) is 10.8 Å². The largest absolute Gasteiger partial charge is 0.477 e. The summed E-state index contributed by atoms with van der Waals surface area (Å²) in [6.45, 7) is 5.70. The molecule has 0 saturated heterocycles. The van der Waals surface area contributed by atoms with Gasteiger partial charge >= 0.3 is 5.97 Å². The molecule has 104 valence electrons. The Balaban J connectivity index is 2.37. The Kier molecular flexibility index (Phi) is 3.70. The summed E-state index contributed by atoms with van der Waals surface area (Å²) in [7, 11) is 0. The van der Waals surface area contributed by atoms with Gasteiger partial charge in [0.2, 0.25) is 0 Å². The molecule has 2 aromatic rings. The molecule has 0 saturated carbocycles. The van der Waals surface area contributed by atoms with E-state index in [9.17, 15) is 4.79 Å². The zero-order valence-electron chi connectivity index (χ0n) is 11.8. The Morgan fingerprint density at radius 2 is 1.75 bits per heavy atom. The van der Waals surface area contributed by atoms with E-state index in [0.717, 1.165) is 5.56 Å². The maximum atomic E-state index is 11.0. The van der Waals surface area contributed by atoms with Crippen LogP contribution in [0.3, 0.4) is 0 Å². The molecule has 0 radical (unpaired) electrons. The number of nitrogen functional groups attached to an aromatic ring is 1. The zero-order chi connectivity index (χ0) is 14.9. The van der Waals surface area contributed by atoms with Crippen LogP contribution < -0.4 is 5.73 Å². The van der Waals surface area contributed by atoms with Gasteiger partial charge in [-0.15, -0.1) is 0 Å². The Morgan fingerprint density at radius 3 is 2.25 bits per heavy atom. The van der Waals surface area contributed by atoms with Crippen molar-refractivity contribution < 1.29 is 9.90 Å². The lowest BCUT2D eigenvalue weighted by Crippen LogP contribution is -2.12. The van der Waals surface area contributed by atoms with Crippen molar-refractivity contribution in [2.75, 3.05) is 5.73 Å². The highest BCUT2D eigenvalue weighted by molar-refractivity contribution is 5.93. The number of aromatic carboxylic acids is 1. The van der Waals surface area contributed by atoms with Crippen LogP contribution in [0.4, 0.5) is 5.82 Å². The van der Waals surface area contributed by atoms with Crippen LogP contribution in [-0.4, -0.2) is 21.0 Å². The number of anilines is 1. The van der Waals surface area contributed by atoms with Gasteiger partial charge in [0.05, 0.1) is 5.69 Å². The summed E-state index contributed by atoms with van der Waals surface area (Å²) < 4.78 is 0. The summed E-state index contributed by atoms with van der Waals surface area (Å²) >= 11 is 0. The third-order valence-corrected chi connectivity index (χ3v) is 3.02. The molecule has 0 bridgehead atoms. The first kappa shape index (κ1) is 14.0. The fraction of sp³-hybridized carbons (Fsp3) is 0.267. The maximum absolute atomic E-state index is 11.0. The van der Waals surface area contributed by atoms with Crippen molar-refractivity contribution in [3.63, 3.8) is 0 Å². The summed E-state index contributed by atoms with van der Waals surface area (Å²) in [4.78, 5) is 19.4. The lowest BCUT2D eigenvalue weighted by molar-refractivity contribution is 0.0696. The Bertz CT molecular complexity index is 638. The Morgan fingerprint density at radius 1 is 1.15 bits per heavy atom. The third kappa shape index (κ3) is 2.93. The van der Waals surface area contributed by atoms with Crippen molar-refractivity contribution >= 4 is 11.8 Å². The number of rotatable bonds is 3. The second-order valence-corrected chi connectivity index (χ2v) is 4.96. The maximum Gasteiger partial charge on any atom is 0.341 e. The van der Waals surface area contributed by atoms with Gasteiger partial charge in [-0.1, -0.05) is 29.3 Å². The molecule has 1 aromatic carbocycles. The van der Waals surface area contributed by atoms with Gasteiger partial charge in [0.1, 0.15) is 17.2 Å². The molecule has 0 aliphatic heterocycles. The van der Waals surface area contributed by atoms with Gasteiger partial charge in [0, 0.05) is 6.42 Å². The first-order valence-electron chi connectivity index (χ1n) is 6.30. The minimum atomic E-state index is -1.10. The van der Waals surface area contributed by atoms with Gasteiger partial charge in [-0.05, 0) is 26.3 Å². The molecule has 0 atom stereocenters. The van der Waals surface area contributed by atoms with Crippen LogP contribution in [0.5, 0.6) is 0 Å². The first-order valence-corrected chi connectivity index (χ1v) is 6.30. The fourth-order valence-electron chi connectivity index (χ4n) is 2.35. The SMILES string of the molecule is Cc1cc(C)cc(Cc2nc(C)c(C(=O)O)c(N)n2)c1. The highest BCUT2D eigenvalue weighted by Crippen LogP contribution is 2.16. The van der Waals surface area contributed by atoms with Crippen molar-refractivity contribution in [3.8, 4) is 0 Å². The van der Waals surface area contributed by atoms with Crippen molar-refractivity contribution in [3.05, 3.63) is 52.0 Å². The predicted molar refractivity (Wildman–Crippen MR) is 76.9 cm³/mol. The fourth-order valence-corrected chi connectivity index (χ4v) is 2.35. The summed E-state index contributed by atoms with van der Waals surface area (Å²) in [5.74, 6) is -0.544.